The molecule has 2 aromatic rings. The number of nitrogens with zero attached hydrogens (tertiary/aromatic N) is 4. The Morgan fingerprint density at radius 3 is 1.78 bits per heavy atom. The Morgan fingerprint density at radius 1 is 0.696 bits per heavy atom. The molecule has 2 N–H and O–H groups in total. The first kappa shape index (κ1) is 14.5. The summed E-state index contributed by atoms with van der Waals surface area (Å²) in [7, 11) is 0. The highest BCUT2D eigenvalue weighted by Crippen LogP contribution is 2.32. The van der Waals surface area contributed by atoms with Gasteiger partial charge in [0.2, 0.25) is 0 Å². The van der Waals surface area contributed by atoms with Crippen LogP contribution in [0.4, 0.5) is 17.3 Å². The lowest BCUT2D eigenvalue weighted by atomic mass is 10.1. The first-order valence-electron chi connectivity index (χ1n) is 8.88. The van der Waals surface area contributed by atoms with Gasteiger partial charge in [-0.25, -0.2) is 9.97 Å². The van der Waals surface area contributed by atoms with Crippen LogP contribution in [0, 0.1) is 0 Å². The summed E-state index contributed by atoms with van der Waals surface area (Å²) in [5.74, 6) is 2.13. The molecular formula is C18H25N5. The molecule has 2 fully saturated rings. The minimum Gasteiger partial charge on any atom is -0.399 e. The summed E-state index contributed by atoms with van der Waals surface area (Å²) >= 11 is 0. The smallest absolute Gasteiger partial charge is 0.172 e. The summed E-state index contributed by atoms with van der Waals surface area (Å²) in [6.45, 7) is 4.36. The number of fused-ring (bicyclic) bond motifs is 1. The van der Waals surface area contributed by atoms with Crippen molar-refractivity contribution in [3.63, 3.8) is 0 Å². The van der Waals surface area contributed by atoms with Gasteiger partial charge in [0.15, 0.2) is 11.6 Å². The average Bonchev–Trinajstić information content (AvgIpc) is 2.62. The van der Waals surface area contributed by atoms with Crippen LogP contribution < -0.4 is 15.5 Å². The van der Waals surface area contributed by atoms with Crippen LogP contribution in [0.3, 0.4) is 0 Å². The van der Waals surface area contributed by atoms with E-state index in [-0.39, 0.29) is 0 Å². The monoisotopic (exact) mass is 311 g/mol. The van der Waals surface area contributed by atoms with Gasteiger partial charge in [-0.2, -0.15) is 0 Å². The third-order valence-corrected chi connectivity index (χ3v) is 4.96. The number of aromatic nitrogens is 2. The van der Waals surface area contributed by atoms with Crippen LogP contribution in [0.1, 0.15) is 38.5 Å². The molecule has 0 radical (unpaired) electrons. The number of piperidine rings is 2. The van der Waals surface area contributed by atoms with Gasteiger partial charge >= 0.3 is 0 Å². The molecule has 0 saturated carbocycles. The minimum atomic E-state index is 0.752. The molecule has 0 bridgehead atoms. The first-order chi connectivity index (χ1) is 11.3. The van der Waals surface area contributed by atoms with Gasteiger partial charge in [-0.05, 0) is 56.7 Å². The van der Waals surface area contributed by atoms with Gasteiger partial charge in [0, 0.05) is 31.9 Å². The Hall–Kier alpha value is -2.04. The Kier molecular flexibility index (Phi) is 3.93. The van der Waals surface area contributed by atoms with Crippen LogP contribution in [0.5, 0.6) is 0 Å². The van der Waals surface area contributed by atoms with Crippen molar-refractivity contribution in [2.45, 2.75) is 38.5 Å². The molecule has 122 valence electrons. The number of benzene rings is 1. The van der Waals surface area contributed by atoms with E-state index in [1.54, 1.807) is 0 Å². The number of nitrogens with two attached hydrogens (primary N) is 1. The van der Waals surface area contributed by atoms with Crippen molar-refractivity contribution < 1.29 is 0 Å². The molecule has 2 aliphatic heterocycles. The quantitative estimate of drug-likeness (QED) is 0.863. The molecule has 0 aliphatic carbocycles. The van der Waals surface area contributed by atoms with Gasteiger partial charge in [0.25, 0.3) is 0 Å². The fraction of sp³-hybridized carbons (Fsp3) is 0.556. The van der Waals surface area contributed by atoms with Crippen LogP contribution in [-0.4, -0.2) is 36.1 Å². The molecule has 3 heterocycles. The molecule has 0 spiro atoms. The molecule has 4 rings (SSSR count). The van der Waals surface area contributed by atoms with E-state index in [0.717, 1.165) is 54.5 Å². The standard InChI is InChI=1S/C18H25N5/c19-14-7-8-15-16(13-14)21-18(23-11-5-2-6-12-23)17(20-15)22-9-3-1-4-10-22/h7-8,13H,1-6,9-12,19H2. The van der Waals surface area contributed by atoms with E-state index in [1.165, 1.54) is 38.5 Å². The number of hydrogen-bond acceptors (Lipinski definition) is 5. The van der Waals surface area contributed by atoms with Crippen molar-refractivity contribution in [3.8, 4) is 0 Å². The molecule has 5 nitrogen and oxygen atoms in total. The zero-order valence-corrected chi connectivity index (χ0v) is 13.7. The summed E-state index contributed by atoms with van der Waals surface area (Å²) < 4.78 is 0. The van der Waals surface area contributed by atoms with Gasteiger partial charge in [0.05, 0.1) is 11.0 Å². The minimum absolute atomic E-state index is 0.752. The molecule has 0 unspecified atom stereocenters. The molecule has 23 heavy (non-hydrogen) atoms. The van der Waals surface area contributed by atoms with Gasteiger partial charge in [-0.15, -0.1) is 0 Å². The molecule has 2 saturated heterocycles. The number of rotatable bonds is 2. The van der Waals surface area contributed by atoms with Gasteiger partial charge < -0.3 is 15.5 Å². The molecule has 1 aromatic heterocycles. The van der Waals surface area contributed by atoms with Crippen molar-refractivity contribution in [1.29, 1.82) is 0 Å². The molecule has 0 atom stereocenters. The molecule has 1 aromatic carbocycles. The maximum absolute atomic E-state index is 5.94. The van der Waals surface area contributed by atoms with E-state index < -0.39 is 0 Å². The highest BCUT2D eigenvalue weighted by molar-refractivity contribution is 5.83. The number of hydrogen-bond donors (Lipinski definition) is 1. The molecule has 0 amide bonds. The van der Waals surface area contributed by atoms with Crippen molar-refractivity contribution in [2.75, 3.05) is 41.7 Å². The summed E-state index contributed by atoms with van der Waals surface area (Å²) in [6.07, 6.45) is 7.64. The summed E-state index contributed by atoms with van der Waals surface area (Å²) in [4.78, 5) is 14.8. The third kappa shape index (κ3) is 2.92. The van der Waals surface area contributed by atoms with Crippen LogP contribution in [-0.2, 0) is 0 Å². The number of nitrogen functional groups attached to an aromatic ring is 1. The summed E-state index contributed by atoms with van der Waals surface area (Å²) in [5, 5.41) is 0. The second kappa shape index (κ2) is 6.22. The molecule has 2 aliphatic rings. The zero-order chi connectivity index (χ0) is 15.6. The summed E-state index contributed by atoms with van der Waals surface area (Å²) in [6, 6.07) is 5.85. The maximum atomic E-state index is 5.94. The predicted octanol–water partition coefficient (Wildman–Crippen LogP) is 3.19. The first-order valence-corrected chi connectivity index (χ1v) is 8.88. The lowest BCUT2D eigenvalue weighted by Gasteiger charge is -2.34. The van der Waals surface area contributed by atoms with Crippen LogP contribution in [0.15, 0.2) is 18.2 Å². The van der Waals surface area contributed by atoms with Crippen molar-refractivity contribution in [1.82, 2.24) is 9.97 Å². The Balaban J connectivity index is 1.81. The van der Waals surface area contributed by atoms with E-state index in [0.29, 0.717) is 0 Å². The fourth-order valence-electron chi connectivity index (χ4n) is 3.69. The molecule has 5 heteroatoms. The summed E-state index contributed by atoms with van der Waals surface area (Å²) in [5.41, 5.74) is 8.55. The lowest BCUT2D eigenvalue weighted by Crippen LogP contribution is -2.35. The zero-order valence-electron chi connectivity index (χ0n) is 13.7. The predicted molar refractivity (Wildman–Crippen MR) is 96.1 cm³/mol. The number of anilines is 3. The van der Waals surface area contributed by atoms with Crippen molar-refractivity contribution >= 4 is 28.4 Å². The van der Waals surface area contributed by atoms with Gasteiger partial charge in [-0.3, -0.25) is 0 Å². The van der Waals surface area contributed by atoms with Crippen molar-refractivity contribution in [2.24, 2.45) is 0 Å². The Labute approximate surface area is 137 Å². The second-order valence-electron chi connectivity index (χ2n) is 6.71. The van der Waals surface area contributed by atoms with E-state index in [2.05, 4.69) is 9.80 Å². The highest BCUT2D eigenvalue weighted by Gasteiger charge is 2.23. The van der Waals surface area contributed by atoms with E-state index in [9.17, 15) is 0 Å². The topological polar surface area (TPSA) is 58.3 Å². The Morgan fingerprint density at radius 2 is 1.22 bits per heavy atom. The SMILES string of the molecule is Nc1ccc2nc(N3CCCCC3)c(N3CCCCC3)nc2c1. The Bertz CT molecular complexity index is 687. The van der Waals surface area contributed by atoms with Crippen molar-refractivity contribution in [3.05, 3.63) is 18.2 Å². The largest absolute Gasteiger partial charge is 0.399 e. The maximum Gasteiger partial charge on any atom is 0.172 e. The van der Waals surface area contributed by atoms with Crippen LogP contribution >= 0.6 is 0 Å². The van der Waals surface area contributed by atoms with E-state index in [4.69, 9.17) is 15.7 Å². The van der Waals surface area contributed by atoms with Gasteiger partial charge in [-0.1, -0.05) is 0 Å². The normalized spacial score (nSPS) is 19.3. The fourth-order valence-corrected chi connectivity index (χ4v) is 3.69. The average molecular weight is 311 g/mol. The van der Waals surface area contributed by atoms with Gasteiger partial charge in [0.1, 0.15) is 0 Å². The van der Waals surface area contributed by atoms with Crippen LogP contribution in [0.25, 0.3) is 11.0 Å². The second-order valence-corrected chi connectivity index (χ2v) is 6.71. The third-order valence-electron chi connectivity index (χ3n) is 4.96. The van der Waals surface area contributed by atoms with Crippen LogP contribution in [0.2, 0.25) is 0 Å². The van der Waals surface area contributed by atoms with E-state index in [1.807, 2.05) is 18.2 Å². The van der Waals surface area contributed by atoms with E-state index >= 15 is 0 Å². The lowest BCUT2D eigenvalue weighted by molar-refractivity contribution is 0.559. The highest BCUT2D eigenvalue weighted by atomic mass is 15.3. The molecular weight excluding hydrogens is 286 g/mol.